The highest BCUT2D eigenvalue weighted by Crippen LogP contribution is 2.16. The Morgan fingerprint density at radius 2 is 1.90 bits per heavy atom. The number of amides is 1. The molecule has 1 aromatic rings. The van der Waals surface area contributed by atoms with Crippen molar-refractivity contribution >= 4 is 11.6 Å². The number of carbonyl (C=O) groups excluding carboxylic acids is 1. The number of benzene rings is 1. The smallest absolute Gasteiger partial charge is 0.224 e. The Balaban J connectivity index is 2.37. The molecule has 1 unspecified atom stereocenters. The second kappa shape index (κ2) is 9.50. The van der Waals surface area contributed by atoms with Crippen LogP contribution in [-0.4, -0.2) is 24.1 Å². The van der Waals surface area contributed by atoms with E-state index >= 15 is 0 Å². The Hall–Kier alpha value is -1.39. The SMILES string of the molecule is CCCCCNCC(O)c1ccc(NC(=O)CC)cc1. The van der Waals surface area contributed by atoms with Gasteiger partial charge >= 0.3 is 0 Å². The average Bonchev–Trinajstić information content (AvgIpc) is 2.47. The highest BCUT2D eigenvalue weighted by atomic mass is 16.3. The number of rotatable bonds is 9. The topological polar surface area (TPSA) is 61.4 Å². The van der Waals surface area contributed by atoms with Crippen LogP contribution in [0.25, 0.3) is 0 Å². The van der Waals surface area contributed by atoms with E-state index in [0.29, 0.717) is 13.0 Å². The first-order chi connectivity index (χ1) is 9.67. The lowest BCUT2D eigenvalue weighted by molar-refractivity contribution is -0.115. The van der Waals surface area contributed by atoms with Gasteiger partial charge in [0.25, 0.3) is 0 Å². The highest BCUT2D eigenvalue weighted by Gasteiger charge is 2.07. The molecular weight excluding hydrogens is 252 g/mol. The molecule has 0 aliphatic heterocycles. The van der Waals surface area contributed by atoms with E-state index in [1.54, 1.807) is 0 Å². The van der Waals surface area contributed by atoms with Crippen LogP contribution in [0.2, 0.25) is 0 Å². The Morgan fingerprint density at radius 3 is 2.50 bits per heavy atom. The predicted molar refractivity (Wildman–Crippen MR) is 82.7 cm³/mol. The highest BCUT2D eigenvalue weighted by molar-refractivity contribution is 5.90. The summed E-state index contributed by atoms with van der Waals surface area (Å²) in [6.07, 6.45) is 3.52. The quantitative estimate of drug-likeness (QED) is 0.609. The number of aliphatic hydroxyl groups excluding tert-OH is 1. The van der Waals surface area contributed by atoms with E-state index < -0.39 is 6.10 Å². The number of hydrogen-bond acceptors (Lipinski definition) is 3. The van der Waals surface area contributed by atoms with E-state index in [4.69, 9.17) is 0 Å². The number of unbranched alkanes of at least 4 members (excludes halogenated alkanes) is 2. The maximum absolute atomic E-state index is 11.3. The standard InChI is InChI=1S/C16H26N2O2/c1-3-5-6-11-17-12-15(19)13-7-9-14(10-8-13)18-16(20)4-2/h7-10,15,17,19H,3-6,11-12H2,1-2H3,(H,18,20). The zero-order valence-electron chi connectivity index (χ0n) is 12.5. The fraction of sp³-hybridized carbons (Fsp3) is 0.562. The van der Waals surface area contributed by atoms with Gasteiger partial charge in [-0.1, -0.05) is 38.8 Å². The third-order valence-corrected chi connectivity index (χ3v) is 3.20. The molecule has 0 saturated heterocycles. The zero-order chi connectivity index (χ0) is 14.8. The summed E-state index contributed by atoms with van der Waals surface area (Å²) in [6, 6.07) is 7.35. The molecule has 1 atom stereocenters. The van der Waals surface area contributed by atoms with Crippen molar-refractivity contribution in [3.8, 4) is 0 Å². The van der Waals surface area contributed by atoms with Crippen molar-refractivity contribution in [2.75, 3.05) is 18.4 Å². The van der Waals surface area contributed by atoms with Gasteiger partial charge in [0.2, 0.25) is 5.91 Å². The predicted octanol–water partition coefficient (Wildman–Crippen LogP) is 2.85. The molecule has 0 radical (unpaired) electrons. The molecule has 0 bridgehead atoms. The van der Waals surface area contributed by atoms with E-state index in [1.165, 1.54) is 12.8 Å². The Labute approximate surface area is 121 Å². The van der Waals surface area contributed by atoms with E-state index in [2.05, 4.69) is 17.6 Å². The van der Waals surface area contributed by atoms with Gasteiger partial charge in [-0.05, 0) is 30.7 Å². The van der Waals surface area contributed by atoms with Crippen molar-refractivity contribution in [3.05, 3.63) is 29.8 Å². The molecule has 3 N–H and O–H groups in total. The minimum absolute atomic E-state index is 0.00381. The normalized spacial score (nSPS) is 12.2. The Bertz CT molecular complexity index is 390. The second-order valence-electron chi connectivity index (χ2n) is 4.95. The molecule has 1 aromatic carbocycles. The average molecular weight is 278 g/mol. The Kier molecular flexibility index (Phi) is 7.92. The molecule has 1 rings (SSSR count). The second-order valence-corrected chi connectivity index (χ2v) is 4.95. The molecule has 0 spiro atoms. The first kappa shape index (κ1) is 16.7. The van der Waals surface area contributed by atoms with Crippen LogP contribution in [0.4, 0.5) is 5.69 Å². The van der Waals surface area contributed by atoms with E-state index in [-0.39, 0.29) is 5.91 Å². The minimum atomic E-state index is -0.507. The molecular formula is C16H26N2O2. The van der Waals surface area contributed by atoms with Gasteiger partial charge in [0, 0.05) is 18.7 Å². The first-order valence-electron chi connectivity index (χ1n) is 7.46. The largest absolute Gasteiger partial charge is 0.387 e. The maximum atomic E-state index is 11.3. The Morgan fingerprint density at radius 1 is 1.20 bits per heavy atom. The van der Waals surface area contributed by atoms with E-state index in [0.717, 1.165) is 24.2 Å². The number of carbonyl (C=O) groups is 1. The minimum Gasteiger partial charge on any atom is -0.387 e. The van der Waals surface area contributed by atoms with Gasteiger partial charge in [-0.2, -0.15) is 0 Å². The number of hydrogen-bond donors (Lipinski definition) is 3. The molecule has 0 aliphatic carbocycles. The summed E-state index contributed by atoms with van der Waals surface area (Å²) >= 11 is 0. The summed E-state index contributed by atoms with van der Waals surface area (Å²) in [7, 11) is 0. The van der Waals surface area contributed by atoms with Crippen molar-refractivity contribution < 1.29 is 9.90 Å². The van der Waals surface area contributed by atoms with Crippen LogP contribution < -0.4 is 10.6 Å². The lowest BCUT2D eigenvalue weighted by Gasteiger charge is -2.13. The molecule has 20 heavy (non-hydrogen) atoms. The van der Waals surface area contributed by atoms with Gasteiger partial charge < -0.3 is 15.7 Å². The molecule has 0 fully saturated rings. The van der Waals surface area contributed by atoms with E-state index in [1.807, 2.05) is 31.2 Å². The van der Waals surface area contributed by atoms with Crippen LogP contribution in [0.3, 0.4) is 0 Å². The van der Waals surface area contributed by atoms with Crippen LogP contribution >= 0.6 is 0 Å². The third-order valence-electron chi connectivity index (χ3n) is 3.20. The fourth-order valence-electron chi connectivity index (χ4n) is 1.89. The van der Waals surface area contributed by atoms with Crippen molar-refractivity contribution in [1.29, 1.82) is 0 Å². The molecule has 0 aliphatic rings. The molecule has 0 aromatic heterocycles. The molecule has 4 nitrogen and oxygen atoms in total. The summed E-state index contributed by atoms with van der Waals surface area (Å²) in [5.41, 5.74) is 1.63. The van der Waals surface area contributed by atoms with Crippen LogP contribution in [-0.2, 0) is 4.79 Å². The summed E-state index contributed by atoms with van der Waals surface area (Å²) in [6.45, 7) is 5.49. The number of nitrogens with one attached hydrogen (secondary N) is 2. The van der Waals surface area contributed by atoms with Crippen molar-refractivity contribution in [3.63, 3.8) is 0 Å². The molecule has 112 valence electrons. The van der Waals surface area contributed by atoms with Crippen molar-refractivity contribution in [2.24, 2.45) is 0 Å². The van der Waals surface area contributed by atoms with Crippen LogP contribution in [0.1, 0.15) is 51.2 Å². The van der Waals surface area contributed by atoms with E-state index in [9.17, 15) is 9.90 Å². The van der Waals surface area contributed by atoms with Crippen LogP contribution in [0.15, 0.2) is 24.3 Å². The first-order valence-corrected chi connectivity index (χ1v) is 7.46. The molecule has 0 heterocycles. The van der Waals surface area contributed by atoms with Crippen molar-refractivity contribution in [2.45, 2.75) is 45.6 Å². The molecule has 0 saturated carbocycles. The summed E-state index contributed by atoms with van der Waals surface area (Å²) in [4.78, 5) is 11.3. The summed E-state index contributed by atoms with van der Waals surface area (Å²) in [5, 5.41) is 16.1. The lowest BCUT2D eigenvalue weighted by Crippen LogP contribution is -2.22. The van der Waals surface area contributed by atoms with Gasteiger partial charge in [-0.3, -0.25) is 4.79 Å². The lowest BCUT2D eigenvalue weighted by atomic mass is 10.1. The number of anilines is 1. The van der Waals surface area contributed by atoms with Gasteiger partial charge in [0.15, 0.2) is 0 Å². The molecule has 1 amide bonds. The monoisotopic (exact) mass is 278 g/mol. The third kappa shape index (κ3) is 6.17. The van der Waals surface area contributed by atoms with Crippen LogP contribution in [0, 0.1) is 0 Å². The fourth-order valence-corrected chi connectivity index (χ4v) is 1.89. The summed E-state index contributed by atoms with van der Waals surface area (Å²) < 4.78 is 0. The van der Waals surface area contributed by atoms with Gasteiger partial charge in [0.1, 0.15) is 0 Å². The maximum Gasteiger partial charge on any atom is 0.224 e. The summed E-state index contributed by atoms with van der Waals surface area (Å²) in [5.74, 6) is -0.00381. The van der Waals surface area contributed by atoms with Crippen LogP contribution in [0.5, 0.6) is 0 Å². The zero-order valence-corrected chi connectivity index (χ0v) is 12.5. The molecule has 4 heteroatoms. The van der Waals surface area contributed by atoms with Gasteiger partial charge in [-0.25, -0.2) is 0 Å². The van der Waals surface area contributed by atoms with Gasteiger partial charge in [-0.15, -0.1) is 0 Å². The van der Waals surface area contributed by atoms with Gasteiger partial charge in [0.05, 0.1) is 6.10 Å². The van der Waals surface area contributed by atoms with Crippen molar-refractivity contribution in [1.82, 2.24) is 5.32 Å². The number of aliphatic hydroxyl groups is 1.